The van der Waals surface area contributed by atoms with Crippen molar-refractivity contribution in [3.8, 4) is 11.1 Å². The minimum absolute atomic E-state index is 0. The van der Waals surface area contributed by atoms with E-state index in [9.17, 15) is 0 Å². The van der Waals surface area contributed by atoms with Gasteiger partial charge in [0.25, 0.3) is 0 Å². The summed E-state index contributed by atoms with van der Waals surface area (Å²) >= 11 is 1.89. The second-order valence-electron chi connectivity index (χ2n) is 15.4. The Morgan fingerprint density at radius 2 is 1.43 bits per heavy atom. The van der Waals surface area contributed by atoms with Gasteiger partial charge in [-0.3, -0.25) is 0 Å². The molecule has 0 aliphatic heterocycles. The first kappa shape index (κ1) is 35.8. The fraction of sp³-hybridized carbons (Fsp3) is 0.233. The van der Waals surface area contributed by atoms with Crippen LogP contribution in [-0.4, -0.2) is 4.21 Å². The summed E-state index contributed by atoms with van der Waals surface area (Å²) in [6.07, 6.45) is 8.81. The van der Waals surface area contributed by atoms with E-state index in [2.05, 4.69) is 151 Å². The molecule has 0 radical (unpaired) electrons. The Morgan fingerprint density at radius 1 is 0.723 bits per heavy atom. The molecular formula is C43H45Cl3Zr. The van der Waals surface area contributed by atoms with Crippen molar-refractivity contribution in [2.45, 2.75) is 65.2 Å². The van der Waals surface area contributed by atoms with Gasteiger partial charge in [0.1, 0.15) is 0 Å². The molecule has 0 saturated heterocycles. The quantitative estimate of drug-likeness (QED) is 0.168. The molecule has 0 bridgehead atoms. The number of allylic oxidation sites excluding steroid dienone is 4. The van der Waals surface area contributed by atoms with Crippen molar-refractivity contribution < 1.29 is 18.3 Å². The number of halogens is 3. The molecule has 0 spiro atoms. The summed E-state index contributed by atoms with van der Waals surface area (Å²) in [7, 11) is 0. The van der Waals surface area contributed by atoms with Crippen LogP contribution in [-0.2, 0) is 35.5 Å². The van der Waals surface area contributed by atoms with E-state index in [4.69, 9.17) is 15.8 Å². The molecule has 4 heteroatoms. The molecule has 0 atom stereocenters. The van der Waals surface area contributed by atoms with Gasteiger partial charge in [-0.15, -0.1) is 24.8 Å². The van der Waals surface area contributed by atoms with Crippen LogP contribution in [0.1, 0.15) is 70.2 Å². The first-order chi connectivity index (χ1) is 21.3. The van der Waals surface area contributed by atoms with Gasteiger partial charge in [-0.1, -0.05) is 0 Å². The molecule has 0 saturated carbocycles. The van der Waals surface area contributed by atoms with Crippen LogP contribution in [0, 0.1) is 0 Å². The molecule has 0 nitrogen and oxygen atoms in total. The van der Waals surface area contributed by atoms with E-state index in [1.54, 1.807) is 0 Å². The van der Waals surface area contributed by atoms with Crippen LogP contribution < -0.4 is 9.81 Å². The van der Waals surface area contributed by atoms with Crippen LogP contribution in [0.15, 0.2) is 119 Å². The van der Waals surface area contributed by atoms with E-state index in [1.165, 1.54) is 57.2 Å². The Bertz CT molecular complexity index is 2150. The fourth-order valence-electron chi connectivity index (χ4n) is 8.35. The normalized spacial score (nSPS) is 14.3. The van der Waals surface area contributed by atoms with E-state index in [0.29, 0.717) is 0 Å². The number of rotatable bonds is 4. The van der Waals surface area contributed by atoms with E-state index >= 15 is 0 Å². The third kappa shape index (κ3) is 5.42. The predicted octanol–water partition coefficient (Wildman–Crippen LogP) is 10.7. The van der Waals surface area contributed by atoms with Crippen molar-refractivity contribution in [2.24, 2.45) is 0 Å². The zero-order valence-corrected chi connectivity index (χ0v) is 33.1. The first-order valence-corrected chi connectivity index (χ1v) is 23.3. The molecule has 0 fully saturated rings. The maximum atomic E-state index is 6.96. The summed E-state index contributed by atoms with van der Waals surface area (Å²) in [4.78, 5) is 0. The SMILES string of the molecule is Cl.Cl.[CH2]=[Zr]([C]1=CC=CC1)([c]1cccc(Cl)c1)([c]1c(C(C)(C)C)ccc2c1Cc1cc(C(C)(C)C)ccc1-2)[c]1cccc2ccccc12. The van der Waals surface area contributed by atoms with Gasteiger partial charge < -0.3 is 0 Å². The van der Waals surface area contributed by atoms with Crippen LogP contribution >= 0.6 is 36.4 Å². The summed E-state index contributed by atoms with van der Waals surface area (Å²) < 4.78 is 11.5. The maximum absolute atomic E-state index is 6.96. The van der Waals surface area contributed by atoms with Crippen LogP contribution in [0.4, 0.5) is 0 Å². The second kappa shape index (κ2) is 12.4. The fourth-order valence-corrected chi connectivity index (χ4v) is 26.2. The van der Waals surface area contributed by atoms with Gasteiger partial charge in [0, 0.05) is 0 Å². The van der Waals surface area contributed by atoms with Crippen molar-refractivity contribution in [3.05, 3.63) is 146 Å². The number of hydrogen-bond acceptors (Lipinski definition) is 0. The van der Waals surface area contributed by atoms with Crippen LogP contribution in [0.3, 0.4) is 0 Å². The van der Waals surface area contributed by atoms with Gasteiger partial charge in [-0.25, -0.2) is 0 Å². The Hall–Kier alpha value is -2.54. The Kier molecular flexibility index (Phi) is 9.44. The molecule has 0 amide bonds. The van der Waals surface area contributed by atoms with Gasteiger partial charge >= 0.3 is 277 Å². The topological polar surface area (TPSA) is 0 Å². The third-order valence-corrected chi connectivity index (χ3v) is 27.3. The molecule has 5 aromatic rings. The zero-order chi connectivity index (χ0) is 31.8. The summed E-state index contributed by atoms with van der Waals surface area (Å²) in [5.41, 5.74) is 8.41. The number of hydrogen-bond donors (Lipinski definition) is 0. The molecule has 0 unspecified atom stereocenters. The summed E-state index contributed by atoms with van der Waals surface area (Å²) in [6.45, 7) is 14.1. The molecule has 7 rings (SSSR count). The van der Waals surface area contributed by atoms with E-state index in [-0.39, 0.29) is 35.6 Å². The molecule has 242 valence electrons. The van der Waals surface area contributed by atoms with Gasteiger partial charge in [-0.2, -0.15) is 0 Å². The average Bonchev–Trinajstić information content (AvgIpc) is 3.68. The first-order valence-electron chi connectivity index (χ1n) is 16.3. The molecule has 47 heavy (non-hydrogen) atoms. The van der Waals surface area contributed by atoms with Gasteiger partial charge in [0.15, 0.2) is 0 Å². The standard InChI is InChI=1S/C21H25.C10H7.C6H4Cl.C5H5.CH2.2ClH.Zr/c1-20(2,3)16-7-9-18-14(12-16)11-15-13-17(21(4,5)6)8-10-19(15)18;1-2-6-10-8-4-3-7-9(10)5-1;7-6-4-2-1-3-5-6;1-2-4-5-3-1;;;;/h7-10,12H,11H2,1-6H3;1-7H;1-2,4-5H;1-3H,4H2;1H2;2*1H;. The van der Waals surface area contributed by atoms with Gasteiger partial charge in [-0.05, 0) is 0 Å². The number of fused-ring (bicyclic) bond motifs is 4. The minimum atomic E-state index is -5.08. The third-order valence-electron chi connectivity index (χ3n) is 10.6. The molecule has 2 aliphatic rings. The van der Waals surface area contributed by atoms with Gasteiger partial charge in [0.2, 0.25) is 0 Å². The Morgan fingerprint density at radius 3 is 2.11 bits per heavy atom. The van der Waals surface area contributed by atoms with Crippen LogP contribution in [0.2, 0.25) is 5.02 Å². The molecule has 0 aromatic heterocycles. The molecule has 0 N–H and O–H groups in total. The van der Waals surface area contributed by atoms with Gasteiger partial charge in [0.05, 0.1) is 0 Å². The van der Waals surface area contributed by atoms with E-state index in [0.717, 1.165) is 17.9 Å². The Balaban J connectivity index is 0.00000217. The molecule has 2 aliphatic carbocycles. The summed E-state index contributed by atoms with van der Waals surface area (Å²) in [5, 5.41) is 3.33. The number of benzene rings is 5. The summed E-state index contributed by atoms with van der Waals surface area (Å²) in [6, 6.07) is 36.6. The van der Waals surface area contributed by atoms with E-state index in [1.807, 2.05) is 6.07 Å². The second-order valence-corrected chi connectivity index (χ2v) is 28.5. The van der Waals surface area contributed by atoms with Crippen molar-refractivity contribution in [2.75, 3.05) is 0 Å². The van der Waals surface area contributed by atoms with Crippen molar-refractivity contribution in [1.82, 2.24) is 0 Å². The Labute approximate surface area is 299 Å². The van der Waals surface area contributed by atoms with Crippen molar-refractivity contribution in [3.63, 3.8) is 0 Å². The van der Waals surface area contributed by atoms with Crippen LogP contribution in [0.5, 0.6) is 0 Å². The average molecular weight is 759 g/mol. The molecule has 5 aromatic carbocycles. The zero-order valence-electron chi connectivity index (χ0n) is 28.3. The van der Waals surface area contributed by atoms with E-state index < -0.39 is 18.3 Å². The van der Waals surface area contributed by atoms with Crippen LogP contribution in [0.25, 0.3) is 21.9 Å². The molecule has 0 heterocycles. The molecular weight excluding hydrogens is 714 g/mol. The van der Waals surface area contributed by atoms with Crippen molar-refractivity contribution in [1.29, 1.82) is 0 Å². The predicted molar refractivity (Wildman–Crippen MR) is 210 cm³/mol. The summed E-state index contributed by atoms with van der Waals surface area (Å²) in [5.74, 6) is 0. The van der Waals surface area contributed by atoms with Crippen molar-refractivity contribution >= 4 is 61.2 Å². The monoisotopic (exact) mass is 756 g/mol.